The molecule has 0 spiro atoms. The van der Waals surface area contributed by atoms with Crippen molar-refractivity contribution in [3.8, 4) is 0 Å². The molecule has 1 amide bonds. The summed E-state index contributed by atoms with van der Waals surface area (Å²) in [5, 5.41) is 87.5. The number of allylic oxidation sites excluding steroid dienone is 6. The summed E-state index contributed by atoms with van der Waals surface area (Å²) in [5.41, 5.74) is 0. The van der Waals surface area contributed by atoms with Gasteiger partial charge in [-0.3, -0.25) is 4.79 Å². The van der Waals surface area contributed by atoms with Crippen molar-refractivity contribution < 1.29 is 64.6 Å². The second kappa shape index (κ2) is 55.3. The Kier molecular flexibility index (Phi) is 51.5. The van der Waals surface area contributed by atoms with Gasteiger partial charge in [0, 0.05) is 6.42 Å². The Morgan fingerprint density at radius 2 is 0.786 bits per heavy atom. The van der Waals surface area contributed by atoms with Crippen LogP contribution >= 0.6 is 0 Å². The number of aliphatic hydroxyl groups excluding tert-OH is 8. The summed E-state index contributed by atoms with van der Waals surface area (Å²) in [7, 11) is 0. The van der Waals surface area contributed by atoms with Crippen LogP contribution in [0, 0.1) is 0 Å². The van der Waals surface area contributed by atoms with Crippen LogP contribution in [0.4, 0.5) is 0 Å². The van der Waals surface area contributed by atoms with Gasteiger partial charge in [0.2, 0.25) is 5.91 Å². The summed E-state index contributed by atoms with van der Waals surface area (Å²) in [5.74, 6) is -0.202. The second-order valence-corrected chi connectivity index (χ2v) is 25.0. The molecule has 2 saturated heterocycles. The third kappa shape index (κ3) is 39.3. The highest BCUT2D eigenvalue weighted by Gasteiger charge is 2.51. The van der Waals surface area contributed by atoms with Gasteiger partial charge in [-0.15, -0.1) is 0 Å². The first-order valence-electron chi connectivity index (χ1n) is 35.2. The van der Waals surface area contributed by atoms with E-state index in [1.54, 1.807) is 0 Å². The number of carbonyl (C=O) groups is 1. The Morgan fingerprint density at radius 1 is 0.429 bits per heavy atom. The average molecular weight is 1190 g/mol. The molecule has 14 nitrogen and oxygen atoms in total. The van der Waals surface area contributed by atoms with E-state index in [1.165, 1.54) is 218 Å². The van der Waals surface area contributed by atoms with Crippen molar-refractivity contribution in [2.24, 2.45) is 0 Å². The van der Waals surface area contributed by atoms with Gasteiger partial charge in [-0.25, -0.2) is 0 Å². The number of amides is 1. The van der Waals surface area contributed by atoms with E-state index >= 15 is 0 Å². The summed E-state index contributed by atoms with van der Waals surface area (Å²) in [4.78, 5) is 13.3. The van der Waals surface area contributed by atoms with Gasteiger partial charge in [0.15, 0.2) is 12.6 Å². The molecule has 0 bridgehead atoms. The number of ether oxygens (including phenoxy) is 4. The summed E-state index contributed by atoms with van der Waals surface area (Å²) < 4.78 is 22.9. The predicted octanol–water partition coefficient (Wildman–Crippen LogP) is 14.1. The summed E-state index contributed by atoms with van der Waals surface area (Å²) >= 11 is 0. The van der Waals surface area contributed by atoms with Crippen LogP contribution < -0.4 is 5.32 Å². The zero-order valence-corrected chi connectivity index (χ0v) is 53.7. The van der Waals surface area contributed by atoms with E-state index in [-0.39, 0.29) is 12.5 Å². The molecule has 14 heteroatoms. The Morgan fingerprint density at radius 3 is 1.20 bits per heavy atom. The predicted molar refractivity (Wildman–Crippen MR) is 341 cm³/mol. The zero-order valence-electron chi connectivity index (χ0n) is 53.7. The van der Waals surface area contributed by atoms with Crippen molar-refractivity contribution in [1.82, 2.24) is 5.32 Å². The smallest absolute Gasteiger partial charge is 0.220 e. The van der Waals surface area contributed by atoms with Crippen LogP contribution in [0.25, 0.3) is 0 Å². The molecule has 0 saturated carbocycles. The highest BCUT2D eigenvalue weighted by molar-refractivity contribution is 5.76. The zero-order chi connectivity index (χ0) is 60.9. The number of aliphatic hydroxyl groups is 8. The fourth-order valence-corrected chi connectivity index (χ4v) is 11.7. The van der Waals surface area contributed by atoms with Gasteiger partial charge >= 0.3 is 0 Å². The monoisotopic (exact) mass is 1190 g/mol. The van der Waals surface area contributed by atoms with Gasteiger partial charge in [0.25, 0.3) is 0 Å². The van der Waals surface area contributed by atoms with Crippen molar-refractivity contribution >= 4 is 5.91 Å². The minimum absolute atomic E-state index is 0.202. The van der Waals surface area contributed by atoms with Crippen LogP contribution in [0.5, 0.6) is 0 Å². The lowest BCUT2D eigenvalue weighted by Gasteiger charge is -2.46. The molecule has 0 aromatic carbocycles. The third-order valence-electron chi connectivity index (χ3n) is 17.4. The summed E-state index contributed by atoms with van der Waals surface area (Å²) in [6, 6.07) is -0.827. The molecular weight excluding hydrogens is 1060 g/mol. The van der Waals surface area contributed by atoms with Crippen LogP contribution in [0.15, 0.2) is 36.5 Å². The lowest BCUT2D eigenvalue weighted by Crippen LogP contribution is -2.65. The Hall–Kier alpha value is -1.79. The molecule has 12 unspecified atom stereocenters. The maximum atomic E-state index is 13.3. The van der Waals surface area contributed by atoms with Crippen LogP contribution in [-0.4, -0.2) is 140 Å². The van der Waals surface area contributed by atoms with Crippen molar-refractivity contribution in [2.45, 2.75) is 383 Å². The van der Waals surface area contributed by atoms with E-state index in [2.05, 4.69) is 55.6 Å². The fourth-order valence-electron chi connectivity index (χ4n) is 11.7. The lowest BCUT2D eigenvalue weighted by molar-refractivity contribution is -0.359. The molecule has 2 fully saturated rings. The molecule has 84 heavy (non-hydrogen) atoms. The van der Waals surface area contributed by atoms with Crippen LogP contribution in [-0.2, 0) is 23.7 Å². The Balaban J connectivity index is 1.59. The van der Waals surface area contributed by atoms with Crippen LogP contribution in [0.1, 0.15) is 309 Å². The van der Waals surface area contributed by atoms with Gasteiger partial charge in [0.1, 0.15) is 48.8 Å². The van der Waals surface area contributed by atoms with E-state index in [1.807, 2.05) is 0 Å². The number of nitrogens with one attached hydrogen (secondary N) is 1. The normalized spacial score (nSPS) is 23.8. The molecule has 0 aliphatic carbocycles. The largest absolute Gasteiger partial charge is 0.394 e. The van der Waals surface area contributed by atoms with Crippen molar-refractivity contribution in [2.75, 3.05) is 19.8 Å². The molecule has 2 aliphatic rings. The highest BCUT2D eigenvalue weighted by Crippen LogP contribution is 2.30. The van der Waals surface area contributed by atoms with Gasteiger partial charge < -0.3 is 65.1 Å². The minimum Gasteiger partial charge on any atom is -0.394 e. The van der Waals surface area contributed by atoms with Gasteiger partial charge in [-0.05, 0) is 51.4 Å². The third-order valence-corrected chi connectivity index (χ3v) is 17.4. The molecule has 2 aliphatic heterocycles. The molecule has 9 N–H and O–H groups in total. The minimum atomic E-state index is -1.78. The van der Waals surface area contributed by atoms with E-state index < -0.39 is 86.8 Å². The first-order valence-corrected chi connectivity index (χ1v) is 35.2. The van der Waals surface area contributed by atoms with Crippen LogP contribution in [0.2, 0.25) is 0 Å². The Labute approximate surface area is 512 Å². The van der Waals surface area contributed by atoms with E-state index in [0.717, 1.165) is 64.2 Å². The van der Waals surface area contributed by atoms with Gasteiger partial charge in [-0.2, -0.15) is 0 Å². The van der Waals surface area contributed by atoms with E-state index in [4.69, 9.17) is 18.9 Å². The topological polar surface area (TPSA) is 228 Å². The molecule has 0 aromatic rings. The molecule has 494 valence electrons. The number of hydrogen-bond acceptors (Lipinski definition) is 13. The molecule has 2 heterocycles. The average Bonchev–Trinajstić information content (AvgIpc) is 3.23. The van der Waals surface area contributed by atoms with E-state index in [0.29, 0.717) is 12.8 Å². The number of hydrogen-bond donors (Lipinski definition) is 9. The number of unbranched alkanes of at least 4 members (excludes halogenated alkanes) is 39. The first-order chi connectivity index (χ1) is 41.1. The molecule has 2 rings (SSSR count). The standard InChI is InChI=1S/C70H131NO13/c1-3-5-7-9-11-13-15-17-19-20-21-22-23-24-25-26-27-28-29-30-31-32-33-34-35-36-37-38-40-42-44-46-48-50-52-54-62(75)71-58(59(74)53-51-49-47-45-43-41-39-18-16-14-12-10-8-6-4-2)57-81-69-67(80)65(78)68(61(56-73)83-69)84-70-66(79)64(77)63(76)60(55-72)82-70/h15,17,20-21,23-24,58-61,63-70,72-74,76-80H,3-14,16,18-19,22,25-57H2,1-2H3,(H,71,75)/b17-15-,21-20-,24-23-. The van der Waals surface area contributed by atoms with Crippen molar-refractivity contribution in [3.63, 3.8) is 0 Å². The SMILES string of the molecule is CCCCCCC/C=C\C/C=C\C/C=C\CCCCCCCCCCCCCCCCCCCCCCC(=O)NC(COC1OC(CO)C(OC2OC(CO)C(O)C(O)C2O)C(O)C1O)C(O)CCCCCCCCCCCCCCCCC. The van der Waals surface area contributed by atoms with E-state index in [9.17, 15) is 45.6 Å². The van der Waals surface area contributed by atoms with Crippen molar-refractivity contribution in [3.05, 3.63) is 36.5 Å². The van der Waals surface area contributed by atoms with Crippen LogP contribution in [0.3, 0.4) is 0 Å². The first kappa shape index (κ1) is 78.3. The fraction of sp³-hybridized carbons (Fsp3) is 0.900. The Bertz CT molecular complexity index is 1550. The van der Waals surface area contributed by atoms with Gasteiger partial charge in [0.05, 0.1) is 32.0 Å². The number of rotatable bonds is 58. The lowest BCUT2D eigenvalue weighted by atomic mass is 9.97. The summed E-state index contributed by atoms with van der Waals surface area (Å²) in [6.45, 7) is 2.88. The molecule has 0 aromatic heterocycles. The number of carbonyl (C=O) groups excluding carboxylic acids is 1. The van der Waals surface area contributed by atoms with Crippen molar-refractivity contribution in [1.29, 1.82) is 0 Å². The summed E-state index contributed by atoms with van der Waals surface area (Å²) in [6.07, 6.45) is 53.1. The molecule has 0 radical (unpaired) electrons. The quantitative estimate of drug-likeness (QED) is 0.0204. The van der Waals surface area contributed by atoms with Gasteiger partial charge in [-0.1, -0.05) is 288 Å². The molecule has 12 atom stereocenters. The molecular formula is C70H131NO13. The maximum Gasteiger partial charge on any atom is 0.220 e. The second-order valence-electron chi connectivity index (χ2n) is 25.0. The maximum absolute atomic E-state index is 13.3. The highest BCUT2D eigenvalue weighted by atomic mass is 16.7.